The van der Waals surface area contributed by atoms with Gasteiger partial charge in [-0.25, -0.2) is 16.8 Å². The Bertz CT molecular complexity index is 4550. The van der Waals surface area contributed by atoms with Crippen LogP contribution in [0.5, 0.6) is 5.75 Å². The molecule has 0 radical (unpaired) electrons. The van der Waals surface area contributed by atoms with Crippen LogP contribution in [0.2, 0.25) is 0 Å². The predicted molar refractivity (Wildman–Crippen MR) is 445 cm³/mol. The van der Waals surface area contributed by atoms with Crippen molar-refractivity contribution in [2.75, 3.05) is 43.5 Å². The Hall–Kier alpha value is -4.99. The van der Waals surface area contributed by atoms with E-state index in [1.54, 1.807) is 48.6 Å². The highest BCUT2D eigenvalue weighted by molar-refractivity contribution is 14.1. The average molecular weight is 1990 g/mol. The van der Waals surface area contributed by atoms with Crippen molar-refractivity contribution < 1.29 is 109 Å². The maximum absolute atomic E-state index is 13.3. The number of fused-ring (bicyclic) bond motifs is 3. The van der Waals surface area contributed by atoms with E-state index in [9.17, 15) is 80.4 Å². The largest absolute Gasteiger partial charge is 0.858 e. The number of sulfone groups is 1. The molecule has 5 saturated carbocycles. The molecule has 4 atom stereocenters. The Morgan fingerprint density at radius 3 is 1.68 bits per heavy atom. The van der Waals surface area contributed by atoms with Gasteiger partial charge >= 0.3 is 45.6 Å². The van der Waals surface area contributed by atoms with Gasteiger partial charge in [-0.15, -0.1) is 0 Å². The number of phenols is 1. The Kier molecular flexibility index (Phi) is 33.8. The second kappa shape index (κ2) is 39.5. The number of nitrogens with zero attached hydrogens (tertiary/aromatic N) is 1. The van der Waals surface area contributed by atoms with E-state index in [1.807, 2.05) is 112 Å². The fourth-order valence-electron chi connectivity index (χ4n) is 13.7. The first-order valence-corrected chi connectivity index (χ1v) is 46.5. The molecule has 0 amide bonds. The molecule has 6 aromatic rings. The highest BCUT2D eigenvalue weighted by Gasteiger charge is 2.64. The highest BCUT2D eigenvalue weighted by atomic mass is 127. The molecular weight excluding hydrogens is 1880 g/mol. The van der Waals surface area contributed by atoms with Gasteiger partial charge in [0.2, 0.25) is 6.10 Å². The first-order chi connectivity index (χ1) is 51.8. The molecule has 12 rings (SSSR count). The minimum absolute atomic E-state index is 0.00100. The topological polar surface area (TPSA) is 291 Å². The molecule has 19 nitrogen and oxygen atoms in total. The zero-order valence-electron chi connectivity index (χ0n) is 65.1. The van der Waals surface area contributed by atoms with Crippen LogP contribution in [0, 0.1) is 44.2 Å². The number of carbonyl (C=O) groups is 4. The predicted octanol–water partition coefficient (Wildman–Crippen LogP) is 17.0. The van der Waals surface area contributed by atoms with Gasteiger partial charge in [-0.1, -0.05) is 89.2 Å². The summed E-state index contributed by atoms with van der Waals surface area (Å²) >= 11 is 5.49. The second-order valence-electron chi connectivity index (χ2n) is 31.6. The van der Waals surface area contributed by atoms with Crippen LogP contribution in [0.25, 0.3) is 25.1 Å². The van der Waals surface area contributed by atoms with E-state index in [1.165, 1.54) is 54.4 Å². The van der Waals surface area contributed by atoms with E-state index in [4.69, 9.17) is 19.3 Å². The summed E-state index contributed by atoms with van der Waals surface area (Å²) in [5, 5.41) is 23.5. The highest BCUT2D eigenvalue weighted by Crippen LogP contribution is 2.64. The van der Waals surface area contributed by atoms with E-state index in [2.05, 4.69) is 109 Å². The zero-order chi connectivity index (χ0) is 84.0. The lowest BCUT2D eigenvalue weighted by Gasteiger charge is -2.60. The molecule has 5 aliphatic carbocycles. The Balaban J connectivity index is 0.000000216. The number of nitrogens with one attached hydrogen (secondary N) is 1. The summed E-state index contributed by atoms with van der Waals surface area (Å²) in [5.74, 6) is -3.68. The van der Waals surface area contributed by atoms with Crippen molar-refractivity contribution >= 4 is 158 Å². The third-order valence-corrected chi connectivity index (χ3v) is 30.9. The first kappa shape index (κ1) is 95.9. The third-order valence-electron chi connectivity index (χ3n) is 21.5. The quantitative estimate of drug-likeness (QED) is 0.00826. The third kappa shape index (κ3) is 26.8. The number of halogens is 9. The number of carbonyl (C=O) groups excluding carboxylic acids is 4. The lowest BCUT2D eigenvalue weighted by atomic mass is 9.48. The number of esters is 4. The molecule has 622 valence electrons. The van der Waals surface area contributed by atoms with Gasteiger partial charge in [0.15, 0.2) is 24.1 Å². The number of aromatic hydroxyl groups is 1. The molecule has 2 heterocycles. The molecule has 1 saturated heterocycles. The first-order valence-electron chi connectivity index (χ1n) is 37.2. The van der Waals surface area contributed by atoms with Gasteiger partial charge in [0, 0.05) is 49.8 Å². The summed E-state index contributed by atoms with van der Waals surface area (Å²) in [6.07, 6.45) is 1.99. The zero-order valence-corrected chi connectivity index (χ0v) is 74.8. The van der Waals surface area contributed by atoms with Gasteiger partial charge in [-0.3, -0.25) is 19.2 Å². The molecule has 112 heavy (non-hydrogen) atoms. The smallest absolute Gasteiger partial charge is 0.518 e. The Morgan fingerprint density at radius 1 is 0.696 bits per heavy atom. The van der Waals surface area contributed by atoms with Crippen LogP contribution < -0.4 is 10.0 Å². The van der Waals surface area contributed by atoms with Crippen LogP contribution in [-0.4, -0.2) is 137 Å². The summed E-state index contributed by atoms with van der Waals surface area (Å²) in [6, 6.07) is 38.8. The van der Waals surface area contributed by atoms with Crippen LogP contribution >= 0.6 is 78.2 Å². The molecule has 5 aromatic carbocycles. The van der Waals surface area contributed by atoms with Crippen molar-refractivity contribution in [3.8, 4) is 10.6 Å². The Labute approximate surface area is 698 Å². The second-order valence-corrected chi connectivity index (χ2v) is 42.4. The Morgan fingerprint density at radius 2 is 1.20 bits per heavy atom. The fourth-order valence-corrected chi connectivity index (χ4v) is 21.0. The molecule has 0 spiro atoms. The summed E-state index contributed by atoms with van der Waals surface area (Å²) in [5.41, 5.74) is -8.43. The van der Waals surface area contributed by atoms with E-state index >= 15 is 0 Å². The molecule has 2 N–H and O–H groups in total. The summed E-state index contributed by atoms with van der Waals surface area (Å²) < 4.78 is 181. The molecule has 1 aromatic heterocycles. The monoisotopic (exact) mass is 1990 g/mol. The van der Waals surface area contributed by atoms with Crippen molar-refractivity contribution in [3.63, 3.8) is 0 Å². The van der Waals surface area contributed by atoms with Crippen molar-refractivity contribution in [1.82, 2.24) is 0 Å². The van der Waals surface area contributed by atoms with Crippen molar-refractivity contribution in [1.29, 1.82) is 0 Å². The summed E-state index contributed by atoms with van der Waals surface area (Å²) in [7, 11) is -13.8. The van der Waals surface area contributed by atoms with Gasteiger partial charge in [-0.05, 0) is 284 Å². The van der Waals surface area contributed by atoms with Crippen molar-refractivity contribution in [3.05, 3.63) is 137 Å². The number of rotatable bonds is 20. The summed E-state index contributed by atoms with van der Waals surface area (Å²) in [4.78, 5) is 51.8. The van der Waals surface area contributed by atoms with E-state index in [0.29, 0.717) is 80.7 Å². The number of benzene rings is 5. The van der Waals surface area contributed by atoms with Crippen molar-refractivity contribution in [2.24, 2.45) is 37.9 Å². The maximum Gasteiger partial charge on any atom is 0.518 e. The minimum Gasteiger partial charge on any atom is -0.858 e. The molecular formula is C80H103F6I3N2O17S4. The molecule has 4 unspecified atom stereocenters. The maximum atomic E-state index is 13.3. The van der Waals surface area contributed by atoms with Gasteiger partial charge < -0.3 is 38.6 Å². The lowest BCUT2D eigenvalue weighted by Crippen LogP contribution is -3.14. The van der Waals surface area contributed by atoms with Crippen LogP contribution in [0.1, 0.15) is 190 Å². The SMILES string of the molecule is CCC(C)(C)C(=O)OC1(C)CCCC1.CCC(C)(C)C(=O)OC12CC3CC(C1)CC(C(=O)OC(CS(=O)(=O)[O-])C(F)(F)F)(C3)C2.CCC(C)(C)C(=O)OCC[NH+]1CCS(=O)(=O)CC1.CCC(C)c1cccc(O)c1.O=S(=O)(N=C([O-])c1cc(I)cc(I)c1I)C(F)(F)F.c1ccc(-[s+]2c3ccccc3c3ccccc32)cc1. The average Bonchev–Trinajstić information content (AvgIpc) is 0.935. The molecule has 1 aliphatic heterocycles. The van der Waals surface area contributed by atoms with E-state index in [0.717, 1.165) is 38.5 Å². The molecule has 32 heteroatoms. The van der Waals surface area contributed by atoms with Crippen molar-refractivity contribution in [2.45, 2.75) is 208 Å². The standard InChI is InChI=1S/C20H29F3O7S.C18H13S.C12H23NO4S.C12H22O2.C10H14O.C8H3F3I3NO3S/c1-4-17(2,3)15(24)30-19-8-12-5-13(9-19)7-18(6-12,11-19)16(25)29-14(20(21,22)23)10-31(26,27)28;1-2-8-14(9-3-1)19-17-12-6-4-10-15(17)16-11-5-7-13-18(16)19;1-4-12(2,3)11(14)17-8-5-13-6-9-18(15,16)10-7-13;1-5-11(2,3)10(13)14-12(4)8-6-7-9-12;1-3-8(2)9-5-4-6-10(11)7-9;9-8(10,11)19(17,18)15-7(16)4-1-3(12)2-5(13)6(4)14/h12-14H,4-11H2,1-3H3,(H,26,27,28);1-13H;4-10H2,1-3H3;5-9H2,1-4H3;4-8,11H,3H2,1-2H3;1-2H,(H,15,16)/q;+1;;;;/p-1. The summed E-state index contributed by atoms with van der Waals surface area (Å²) in [6.45, 7) is 25.7. The number of ether oxygens (including phenoxy) is 4. The molecule has 6 aliphatic rings. The number of thiophene rings is 1. The lowest BCUT2D eigenvalue weighted by molar-refractivity contribution is -0.896. The van der Waals surface area contributed by atoms with E-state index < -0.39 is 93.2 Å². The van der Waals surface area contributed by atoms with Crippen LogP contribution in [0.4, 0.5) is 26.3 Å². The normalized spacial score (nSPS) is 20.8. The number of alkyl halides is 6. The minimum atomic E-state index is -5.82. The van der Waals surface area contributed by atoms with Crippen LogP contribution in [0.3, 0.4) is 0 Å². The fraction of sp³-hybridized carbons (Fsp3) is 0.562. The van der Waals surface area contributed by atoms with Crippen LogP contribution in [0.15, 0.2) is 120 Å². The number of hydrogen-bond acceptors (Lipinski definition) is 17. The number of hydrogen-bond donors (Lipinski definition) is 2. The van der Waals surface area contributed by atoms with Crippen LogP contribution in [-0.2, 0) is 68.1 Å². The van der Waals surface area contributed by atoms with E-state index in [-0.39, 0.29) is 68.8 Å². The van der Waals surface area contributed by atoms with Gasteiger partial charge in [0.1, 0.15) is 30.1 Å². The number of quaternary nitrogens is 1. The van der Waals surface area contributed by atoms with Gasteiger partial charge in [0.05, 0.1) is 62.1 Å². The molecule has 4 bridgehead atoms. The van der Waals surface area contributed by atoms with Gasteiger partial charge in [0.25, 0.3) is 0 Å². The number of phenolic OH excluding ortho intramolecular Hbond substituents is 1. The van der Waals surface area contributed by atoms with Gasteiger partial charge in [-0.2, -0.15) is 39.2 Å². The molecule has 6 fully saturated rings. The number of sulfonamides is 1.